The van der Waals surface area contributed by atoms with E-state index in [9.17, 15) is 22.8 Å². The predicted octanol–water partition coefficient (Wildman–Crippen LogP) is 4.15. The number of aryl methyl sites for hydroxylation is 1. The number of halogens is 3. The number of aromatic nitrogens is 2. The minimum atomic E-state index is -4.79. The molecule has 2 fully saturated rings. The SMILES string of the molecule is CC(=O)NC1CCC(C2CCN(C(=O)c3c(C)nn(-c4cccc(OC(F)(F)F)c4)c3C)C2)C1. The molecule has 34 heavy (non-hydrogen) atoms. The number of amides is 2. The molecule has 7 nitrogen and oxygen atoms in total. The van der Waals surface area contributed by atoms with Crippen LogP contribution in [-0.4, -0.2) is 52.0 Å². The van der Waals surface area contributed by atoms with Crippen LogP contribution in [0.1, 0.15) is 54.4 Å². The van der Waals surface area contributed by atoms with Gasteiger partial charge in [-0.05, 0) is 63.5 Å². The van der Waals surface area contributed by atoms with Crippen LogP contribution < -0.4 is 10.1 Å². The summed E-state index contributed by atoms with van der Waals surface area (Å²) in [5.74, 6) is 0.419. The lowest BCUT2D eigenvalue weighted by molar-refractivity contribution is -0.274. The zero-order chi connectivity index (χ0) is 24.6. The number of carbonyl (C=O) groups is 2. The van der Waals surface area contributed by atoms with Gasteiger partial charge in [-0.3, -0.25) is 9.59 Å². The highest BCUT2D eigenvalue weighted by Gasteiger charge is 2.37. The second-order valence-electron chi connectivity index (χ2n) is 9.27. The highest BCUT2D eigenvalue weighted by molar-refractivity contribution is 5.96. The number of likely N-dealkylation sites (tertiary alicyclic amines) is 1. The molecule has 184 valence electrons. The van der Waals surface area contributed by atoms with Crippen LogP contribution >= 0.6 is 0 Å². The van der Waals surface area contributed by atoms with Gasteiger partial charge in [-0.2, -0.15) is 5.10 Å². The van der Waals surface area contributed by atoms with E-state index < -0.39 is 6.36 Å². The molecule has 1 aromatic heterocycles. The quantitative estimate of drug-likeness (QED) is 0.701. The van der Waals surface area contributed by atoms with E-state index in [2.05, 4.69) is 15.2 Å². The molecular formula is C24H29F3N4O3. The van der Waals surface area contributed by atoms with Crippen molar-refractivity contribution in [2.45, 2.75) is 58.9 Å². The fourth-order valence-corrected chi connectivity index (χ4v) is 5.39. The summed E-state index contributed by atoms with van der Waals surface area (Å²) in [5.41, 5.74) is 1.96. The Bertz CT molecular complexity index is 1080. The van der Waals surface area contributed by atoms with Crippen molar-refractivity contribution >= 4 is 11.8 Å². The normalized spacial score (nSPS) is 22.8. The molecule has 0 radical (unpaired) electrons. The molecule has 1 saturated carbocycles. The molecule has 4 rings (SSSR count). The van der Waals surface area contributed by atoms with Crippen molar-refractivity contribution in [2.75, 3.05) is 13.1 Å². The van der Waals surface area contributed by atoms with E-state index in [0.29, 0.717) is 47.6 Å². The number of benzene rings is 1. The second-order valence-corrected chi connectivity index (χ2v) is 9.27. The molecule has 2 amide bonds. The van der Waals surface area contributed by atoms with E-state index in [1.807, 2.05) is 4.90 Å². The van der Waals surface area contributed by atoms with Crippen LogP contribution in [0, 0.1) is 25.7 Å². The Labute approximate surface area is 196 Å². The van der Waals surface area contributed by atoms with Gasteiger partial charge < -0.3 is 15.0 Å². The Kier molecular flexibility index (Phi) is 6.60. The van der Waals surface area contributed by atoms with Gasteiger partial charge >= 0.3 is 6.36 Å². The van der Waals surface area contributed by atoms with Gasteiger partial charge in [0.05, 0.1) is 22.6 Å². The summed E-state index contributed by atoms with van der Waals surface area (Å²) >= 11 is 0. The minimum absolute atomic E-state index is 0.00709. The average molecular weight is 479 g/mol. The van der Waals surface area contributed by atoms with Crippen molar-refractivity contribution in [2.24, 2.45) is 11.8 Å². The monoisotopic (exact) mass is 478 g/mol. The van der Waals surface area contributed by atoms with Gasteiger partial charge in [0.15, 0.2) is 0 Å². The molecule has 1 aromatic carbocycles. The summed E-state index contributed by atoms with van der Waals surface area (Å²) in [5, 5.41) is 7.44. The van der Waals surface area contributed by atoms with E-state index in [1.165, 1.54) is 29.8 Å². The number of alkyl halides is 3. The van der Waals surface area contributed by atoms with Crippen molar-refractivity contribution in [1.82, 2.24) is 20.0 Å². The molecule has 3 atom stereocenters. The summed E-state index contributed by atoms with van der Waals surface area (Å²) in [6.45, 7) is 6.33. The molecule has 3 unspecified atom stereocenters. The van der Waals surface area contributed by atoms with Crippen LogP contribution in [0.3, 0.4) is 0 Å². The third-order valence-electron chi connectivity index (χ3n) is 6.86. The van der Waals surface area contributed by atoms with Crippen molar-refractivity contribution in [3.63, 3.8) is 0 Å². The second kappa shape index (κ2) is 9.31. The molecule has 2 aromatic rings. The summed E-state index contributed by atoms with van der Waals surface area (Å²) in [7, 11) is 0. The first kappa shape index (κ1) is 24.1. The molecule has 1 aliphatic heterocycles. The van der Waals surface area contributed by atoms with Gasteiger partial charge in [0.25, 0.3) is 5.91 Å². The van der Waals surface area contributed by atoms with Crippen LogP contribution in [0.15, 0.2) is 24.3 Å². The topological polar surface area (TPSA) is 76.5 Å². The molecule has 1 N–H and O–H groups in total. The number of rotatable bonds is 5. The Morgan fingerprint density at radius 2 is 1.91 bits per heavy atom. The third-order valence-corrected chi connectivity index (χ3v) is 6.86. The largest absolute Gasteiger partial charge is 0.573 e. The van der Waals surface area contributed by atoms with Crippen molar-refractivity contribution in [1.29, 1.82) is 0 Å². The van der Waals surface area contributed by atoms with E-state index in [-0.39, 0.29) is 23.6 Å². The fraction of sp³-hybridized carbons (Fsp3) is 0.542. The third kappa shape index (κ3) is 5.20. The smallest absolute Gasteiger partial charge is 0.406 e. The van der Waals surface area contributed by atoms with Gasteiger partial charge in [-0.15, -0.1) is 13.2 Å². The van der Waals surface area contributed by atoms with Crippen LogP contribution in [0.5, 0.6) is 5.75 Å². The Morgan fingerprint density at radius 1 is 1.15 bits per heavy atom. The lowest BCUT2D eigenvalue weighted by Gasteiger charge is -2.21. The van der Waals surface area contributed by atoms with Gasteiger partial charge in [-0.25, -0.2) is 4.68 Å². The zero-order valence-corrected chi connectivity index (χ0v) is 19.5. The number of nitrogens with one attached hydrogen (secondary N) is 1. The summed E-state index contributed by atoms with van der Waals surface area (Å²) < 4.78 is 43.3. The van der Waals surface area contributed by atoms with E-state index in [1.54, 1.807) is 19.9 Å². The van der Waals surface area contributed by atoms with Crippen LogP contribution in [0.2, 0.25) is 0 Å². The van der Waals surface area contributed by atoms with Crippen molar-refractivity contribution < 1.29 is 27.5 Å². The molecule has 10 heteroatoms. The minimum Gasteiger partial charge on any atom is -0.406 e. The first-order valence-corrected chi connectivity index (χ1v) is 11.5. The maximum atomic E-state index is 13.4. The molecular weight excluding hydrogens is 449 g/mol. The highest BCUT2D eigenvalue weighted by Crippen LogP contribution is 2.37. The Hall–Kier alpha value is -3.04. The first-order chi connectivity index (χ1) is 16.0. The molecule has 2 heterocycles. The van der Waals surface area contributed by atoms with Crippen LogP contribution in [-0.2, 0) is 4.79 Å². The Morgan fingerprint density at radius 3 is 2.62 bits per heavy atom. The summed E-state index contributed by atoms with van der Waals surface area (Å²) in [4.78, 5) is 26.6. The van der Waals surface area contributed by atoms with Crippen LogP contribution in [0.4, 0.5) is 13.2 Å². The maximum Gasteiger partial charge on any atom is 0.573 e. The van der Waals surface area contributed by atoms with Gasteiger partial charge in [0, 0.05) is 32.1 Å². The van der Waals surface area contributed by atoms with Gasteiger partial charge in [0.1, 0.15) is 5.75 Å². The van der Waals surface area contributed by atoms with Crippen LogP contribution in [0.25, 0.3) is 5.69 Å². The highest BCUT2D eigenvalue weighted by atomic mass is 19.4. The molecule has 2 aliphatic rings. The van der Waals surface area contributed by atoms with E-state index >= 15 is 0 Å². The number of ether oxygens (including phenoxy) is 1. The number of nitrogens with zero attached hydrogens (tertiary/aromatic N) is 3. The van der Waals surface area contributed by atoms with Gasteiger partial charge in [0.2, 0.25) is 5.91 Å². The molecule has 0 bridgehead atoms. The Balaban J connectivity index is 1.47. The molecule has 1 saturated heterocycles. The number of hydrogen-bond donors (Lipinski definition) is 1. The lowest BCUT2D eigenvalue weighted by Crippen LogP contribution is -2.32. The number of carbonyl (C=O) groups excluding carboxylic acids is 2. The molecule has 1 aliphatic carbocycles. The average Bonchev–Trinajstić information content (AvgIpc) is 3.45. The van der Waals surface area contributed by atoms with E-state index in [4.69, 9.17) is 0 Å². The predicted molar refractivity (Wildman–Crippen MR) is 119 cm³/mol. The fourth-order valence-electron chi connectivity index (χ4n) is 5.39. The first-order valence-electron chi connectivity index (χ1n) is 11.5. The lowest BCUT2D eigenvalue weighted by atomic mass is 9.90. The van der Waals surface area contributed by atoms with Gasteiger partial charge in [-0.1, -0.05) is 6.07 Å². The zero-order valence-electron chi connectivity index (χ0n) is 19.5. The standard InChI is InChI=1S/C24H29F3N4O3/c1-14-22(15(2)31(29-14)20-5-4-6-21(12-20)34-24(25,26)27)23(33)30-10-9-18(13-30)17-7-8-19(11-17)28-16(3)32/h4-6,12,17-19H,7-11,13H2,1-3H3,(H,28,32). The van der Waals surface area contributed by atoms with Crippen molar-refractivity contribution in [3.05, 3.63) is 41.2 Å². The van der Waals surface area contributed by atoms with E-state index in [0.717, 1.165) is 25.7 Å². The van der Waals surface area contributed by atoms with Crippen molar-refractivity contribution in [3.8, 4) is 11.4 Å². The summed E-state index contributed by atoms with van der Waals surface area (Å²) in [6.07, 6.45) is -0.909. The maximum absolute atomic E-state index is 13.4. The number of hydrogen-bond acceptors (Lipinski definition) is 4. The summed E-state index contributed by atoms with van der Waals surface area (Å²) in [6, 6.07) is 5.76. The molecule has 0 spiro atoms.